The summed E-state index contributed by atoms with van der Waals surface area (Å²) in [5.74, 6) is -2.46. The van der Waals surface area contributed by atoms with Crippen molar-refractivity contribution in [3.63, 3.8) is 0 Å². The van der Waals surface area contributed by atoms with Gasteiger partial charge in [0.1, 0.15) is 6.54 Å². The van der Waals surface area contributed by atoms with Gasteiger partial charge in [-0.3, -0.25) is 5.32 Å². The molecule has 1 heterocycles. The van der Waals surface area contributed by atoms with Gasteiger partial charge in [-0.05, 0) is 0 Å². The lowest BCUT2D eigenvalue weighted by molar-refractivity contribution is -0.639. The van der Waals surface area contributed by atoms with Gasteiger partial charge in [-0.15, -0.1) is 0 Å². The van der Waals surface area contributed by atoms with Crippen LogP contribution in [0.25, 0.3) is 0 Å². The molecule has 0 amide bonds. The van der Waals surface area contributed by atoms with Crippen LogP contribution in [0.4, 0.5) is 17.5 Å². The molecule has 9 heteroatoms. The quantitative estimate of drug-likeness (QED) is 0.270. The third kappa shape index (κ3) is 1.72. The van der Waals surface area contributed by atoms with Gasteiger partial charge >= 0.3 is 23.3 Å². The number of hydrogen-bond acceptors (Lipinski definition) is 7. The van der Waals surface area contributed by atoms with Crippen molar-refractivity contribution in [3.05, 3.63) is 10.4 Å². The maximum absolute atomic E-state index is 11.3. The first-order chi connectivity index (χ1) is 7.00. The average Bonchev–Trinajstić information content (AvgIpc) is 2.24. The summed E-state index contributed by atoms with van der Waals surface area (Å²) in [4.78, 5) is 0. The number of hydrogen-bond donors (Lipinski definition) is 5. The fourth-order valence-corrected chi connectivity index (χ4v) is 0.967. The zero-order valence-corrected chi connectivity index (χ0v) is 7.67. The Hall–Kier alpha value is -2.16. The van der Waals surface area contributed by atoms with E-state index in [-0.39, 0.29) is 28.4 Å². The third-order valence-electron chi connectivity index (χ3n) is 1.71. The van der Waals surface area contributed by atoms with E-state index < -0.39 is 17.5 Å². The number of aliphatic hydroxyl groups is 1. The first-order valence-electron chi connectivity index (χ1n) is 3.98. The summed E-state index contributed by atoms with van der Waals surface area (Å²) in [6.07, 6.45) is 0. The maximum Gasteiger partial charge on any atom is 0.360 e. The Morgan fingerprint density at radius 3 is 2.33 bits per heavy atom. The second-order valence-corrected chi connectivity index (χ2v) is 2.68. The van der Waals surface area contributed by atoms with Crippen LogP contribution in [-0.2, 0) is 0 Å². The molecule has 1 rings (SSSR count). The van der Waals surface area contributed by atoms with Crippen molar-refractivity contribution in [2.75, 3.05) is 29.9 Å². The molecular weight excluding hydrogens is 206 g/mol. The van der Waals surface area contributed by atoms with Gasteiger partial charge in [-0.25, -0.2) is 4.73 Å². The topological polar surface area (TPSA) is 158 Å². The van der Waals surface area contributed by atoms with Gasteiger partial charge in [0.15, 0.2) is 0 Å². The highest BCUT2D eigenvalue weighted by Crippen LogP contribution is 2.16. The van der Waals surface area contributed by atoms with Crippen molar-refractivity contribution < 1.29 is 19.7 Å². The van der Waals surface area contributed by atoms with E-state index >= 15 is 0 Å². The van der Waals surface area contributed by atoms with E-state index in [2.05, 4.69) is 5.32 Å². The van der Waals surface area contributed by atoms with Gasteiger partial charge in [-0.1, -0.05) is 0 Å². The lowest BCUT2D eigenvalue weighted by Crippen LogP contribution is -2.44. The Bertz CT molecular complexity index is 353. The van der Waals surface area contributed by atoms with E-state index in [1.54, 1.807) is 0 Å². The number of nitrogens with one attached hydrogen (secondary N) is 1. The number of nitrogen functional groups attached to an aromatic ring is 2. The Labute approximate surface area is 84.3 Å². The third-order valence-corrected chi connectivity index (χ3v) is 1.71. The van der Waals surface area contributed by atoms with E-state index in [0.717, 1.165) is 0 Å². The molecule has 0 unspecified atom stereocenters. The van der Waals surface area contributed by atoms with Crippen molar-refractivity contribution in [2.24, 2.45) is 0 Å². The van der Waals surface area contributed by atoms with E-state index in [1.165, 1.54) is 0 Å². The number of aromatic nitrogens is 2. The highest BCUT2D eigenvalue weighted by molar-refractivity contribution is 5.51. The number of nitrogens with two attached hydrogens (primary N) is 2. The van der Waals surface area contributed by atoms with Gasteiger partial charge in [0.25, 0.3) is 0 Å². The molecule has 0 saturated carbocycles. The Morgan fingerprint density at radius 2 is 1.80 bits per heavy atom. The van der Waals surface area contributed by atoms with Crippen LogP contribution in [0.2, 0.25) is 0 Å². The zero-order chi connectivity index (χ0) is 11.6. The summed E-state index contributed by atoms with van der Waals surface area (Å²) in [6.45, 7) is -0.251. The van der Waals surface area contributed by atoms with Crippen molar-refractivity contribution in [1.82, 2.24) is 0 Å². The van der Waals surface area contributed by atoms with Gasteiger partial charge < -0.3 is 32.1 Å². The molecule has 0 spiro atoms. The molecule has 0 aromatic carbocycles. The molecule has 84 valence electrons. The van der Waals surface area contributed by atoms with Crippen LogP contribution in [-0.4, -0.2) is 23.4 Å². The van der Waals surface area contributed by atoms with E-state index in [1.807, 2.05) is 0 Å². The van der Waals surface area contributed by atoms with Crippen molar-refractivity contribution in [2.45, 2.75) is 0 Å². The second kappa shape index (κ2) is 3.92. The lowest BCUT2D eigenvalue weighted by Gasteiger charge is -2.16. The first-order valence-corrected chi connectivity index (χ1v) is 3.98. The minimum absolute atomic E-state index is 0.00972. The molecule has 0 aliphatic rings. The largest absolute Gasteiger partial charge is 0.740 e. The fraction of sp³-hybridized carbons (Fsp3) is 0.333. The number of anilines is 3. The molecule has 7 N–H and O–H groups in total. The van der Waals surface area contributed by atoms with E-state index in [0.29, 0.717) is 0 Å². The average molecular weight is 217 g/mol. The molecule has 1 aromatic rings. The van der Waals surface area contributed by atoms with Crippen LogP contribution in [0.3, 0.4) is 0 Å². The minimum Gasteiger partial charge on any atom is -0.740 e. The number of aromatic hydroxyl groups is 1. The smallest absolute Gasteiger partial charge is 0.360 e. The number of nitrogens with zero attached hydrogens (tertiary/aromatic N) is 2. The molecule has 0 fully saturated rings. The molecule has 0 aliphatic heterocycles. The van der Waals surface area contributed by atoms with E-state index in [9.17, 15) is 10.4 Å². The Morgan fingerprint density at radius 1 is 1.20 bits per heavy atom. The SMILES string of the molecule is Nc1c(O)[n+]([O-])c(NCCO)c(N)[n+]1[O-]. The predicted molar refractivity (Wildman–Crippen MR) is 50.4 cm³/mol. The second-order valence-electron chi connectivity index (χ2n) is 2.68. The summed E-state index contributed by atoms with van der Waals surface area (Å²) in [5.41, 5.74) is 10.4. The number of rotatable bonds is 3. The molecule has 0 aliphatic carbocycles. The molecule has 0 radical (unpaired) electrons. The molecular formula is C6H11N5O4. The Balaban J connectivity index is 3.26. The van der Waals surface area contributed by atoms with Crippen molar-refractivity contribution >= 4 is 17.5 Å². The van der Waals surface area contributed by atoms with Gasteiger partial charge in [-0.2, -0.15) is 4.73 Å². The van der Waals surface area contributed by atoms with Crippen LogP contribution < -0.4 is 26.2 Å². The summed E-state index contributed by atoms with van der Waals surface area (Å²) < 4.78 is -0.00182. The molecule has 0 atom stereocenters. The summed E-state index contributed by atoms with van der Waals surface area (Å²) in [6, 6.07) is 0. The van der Waals surface area contributed by atoms with Gasteiger partial charge in [0.05, 0.1) is 6.61 Å². The normalized spacial score (nSPS) is 10.2. The van der Waals surface area contributed by atoms with Crippen LogP contribution in [0.15, 0.2) is 0 Å². The summed E-state index contributed by atoms with van der Waals surface area (Å²) in [7, 11) is 0. The lowest BCUT2D eigenvalue weighted by atomic mass is 10.5. The highest BCUT2D eigenvalue weighted by atomic mass is 16.5. The molecule has 0 bridgehead atoms. The van der Waals surface area contributed by atoms with Crippen molar-refractivity contribution in [3.8, 4) is 5.88 Å². The zero-order valence-electron chi connectivity index (χ0n) is 7.67. The van der Waals surface area contributed by atoms with E-state index in [4.69, 9.17) is 21.7 Å². The summed E-state index contributed by atoms with van der Waals surface area (Å²) >= 11 is 0. The first kappa shape index (κ1) is 10.9. The van der Waals surface area contributed by atoms with Gasteiger partial charge in [0, 0.05) is 0 Å². The Kier molecular flexibility index (Phi) is 2.85. The van der Waals surface area contributed by atoms with Crippen LogP contribution in [0.1, 0.15) is 0 Å². The molecule has 0 saturated heterocycles. The molecule has 15 heavy (non-hydrogen) atoms. The van der Waals surface area contributed by atoms with Gasteiger partial charge in [0.2, 0.25) is 0 Å². The predicted octanol–water partition coefficient (Wildman–Crippen LogP) is -2.77. The van der Waals surface area contributed by atoms with Crippen molar-refractivity contribution in [1.29, 1.82) is 0 Å². The minimum atomic E-state index is -0.945. The molecule has 9 nitrogen and oxygen atoms in total. The standard InChI is InChI=1S/C6H11N5O4/c7-3-5(9-1-2-12)11(15)6(13)4(8)10(3)14/h9,12-13H,1-2,7-8H2. The van der Waals surface area contributed by atoms with Crippen LogP contribution >= 0.6 is 0 Å². The molecule has 1 aromatic heterocycles. The van der Waals surface area contributed by atoms with Crippen LogP contribution in [0.5, 0.6) is 5.88 Å². The summed E-state index contributed by atoms with van der Waals surface area (Å²) in [5, 5.41) is 42.5. The fourth-order valence-electron chi connectivity index (χ4n) is 0.967. The highest BCUT2D eigenvalue weighted by Gasteiger charge is 2.23. The number of aliphatic hydroxyl groups excluding tert-OH is 1. The monoisotopic (exact) mass is 217 g/mol. The van der Waals surface area contributed by atoms with Crippen LogP contribution in [0, 0.1) is 10.4 Å². The maximum atomic E-state index is 11.3.